The lowest BCUT2D eigenvalue weighted by Gasteiger charge is -2.54. The summed E-state index contributed by atoms with van der Waals surface area (Å²) >= 11 is 0. The van der Waals surface area contributed by atoms with Gasteiger partial charge >= 0.3 is 5.97 Å². The molecular formula is C30H36N2O5. The van der Waals surface area contributed by atoms with E-state index < -0.39 is 11.3 Å². The van der Waals surface area contributed by atoms with Crippen molar-refractivity contribution in [2.45, 2.75) is 43.4 Å². The highest BCUT2D eigenvalue weighted by atomic mass is 16.6. The highest BCUT2D eigenvalue weighted by Crippen LogP contribution is 2.74. The molecule has 0 aromatic heterocycles. The van der Waals surface area contributed by atoms with Gasteiger partial charge in [-0.1, -0.05) is 31.2 Å². The summed E-state index contributed by atoms with van der Waals surface area (Å²) in [6, 6.07) is 8.48. The van der Waals surface area contributed by atoms with Crippen molar-refractivity contribution in [3.8, 4) is 0 Å². The van der Waals surface area contributed by atoms with Crippen LogP contribution in [0.2, 0.25) is 0 Å². The zero-order valence-corrected chi connectivity index (χ0v) is 21.6. The quantitative estimate of drug-likeness (QED) is 0.501. The van der Waals surface area contributed by atoms with Crippen LogP contribution < -0.4 is 4.90 Å². The Hall–Kier alpha value is -2.22. The lowest BCUT2D eigenvalue weighted by molar-refractivity contribution is -0.155. The van der Waals surface area contributed by atoms with E-state index in [1.165, 1.54) is 0 Å². The van der Waals surface area contributed by atoms with E-state index in [0.717, 1.165) is 30.6 Å². The number of fused-ring (bicyclic) bond motifs is 6. The van der Waals surface area contributed by atoms with Crippen LogP contribution in [-0.4, -0.2) is 73.5 Å². The van der Waals surface area contributed by atoms with Crippen molar-refractivity contribution in [1.29, 1.82) is 0 Å². The highest BCUT2D eigenvalue weighted by Gasteiger charge is 2.80. The lowest BCUT2D eigenvalue weighted by atomic mass is 9.51. The van der Waals surface area contributed by atoms with Gasteiger partial charge in [0.15, 0.2) is 0 Å². The molecule has 7 heteroatoms. The molecule has 37 heavy (non-hydrogen) atoms. The number of amides is 1. The van der Waals surface area contributed by atoms with Gasteiger partial charge in [-0.25, -0.2) is 0 Å². The number of esters is 1. The number of carbonyl (C=O) groups is 2. The average molecular weight is 505 g/mol. The molecule has 7 nitrogen and oxygen atoms in total. The third kappa shape index (κ3) is 2.38. The van der Waals surface area contributed by atoms with E-state index in [9.17, 15) is 14.7 Å². The normalized spacial score (nSPS) is 50.7. The van der Waals surface area contributed by atoms with E-state index in [0.29, 0.717) is 30.9 Å². The van der Waals surface area contributed by atoms with Crippen molar-refractivity contribution < 1.29 is 24.2 Å². The molecule has 12 atom stereocenters. The van der Waals surface area contributed by atoms with E-state index >= 15 is 0 Å². The van der Waals surface area contributed by atoms with Crippen molar-refractivity contribution in [3.05, 3.63) is 42.5 Å². The summed E-state index contributed by atoms with van der Waals surface area (Å²) in [7, 11) is 2.19. The summed E-state index contributed by atoms with van der Waals surface area (Å²) in [5.41, 5.74) is 1.09. The molecule has 3 saturated heterocycles. The molecule has 4 heterocycles. The Morgan fingerprint density at radius 2 is 2.05 bits per heavy atom. The smallest absolute Gasteiger partial charge is 0.311 e. The van der Waals surface area contributed by atoms with Crippen molar-refractivity contribution >= 4 is 17.6 Å². The molecule has 12 unspecified atom stereocenters. The second-order valence-corrected chi connectivity index (χ2v) is 13.0. The minimum atomic E-state index is -0.775. The van der Waals surface area contributed by atoms with Gasteiger partial charge < -0.3 is 24.4 Å². The van der Waals surface area contributed by atoms with Gasteiger partial charge in [-0.3, -0.25) is 9.59 Å². The van der Waals surface area contributed by atoms with Crippen LogP contribution in [0, 0.1) is 46.8 Å². The van der Waals surface area contributed by atoms with E-state index in [-0.39, 0.29) is 59.9 Å². The molecule has 4 aliphatic heterocycles. The molecule has 1 N–H and O–H groups in total. The number of hydrogen-bond donors (Lipinski definition) is 1. The van der Waals surface area contributed by atoms with Crippen LogP contribution in [0.5, 0.6) is 0 Å². The summed E-state index contributed by atoms with van der Waals surface area (Å²) in [6.45, 7) is 8.45. The first-order chi connectivity index (χ1) is 17.9. The van der Waals surface area contributed by atoms with Gasteiger partial charge in [0, 0.05) is 54.6 Å². The third-order valence-corrected chi connectivity index (χ3v) is 12.1. The summed E-state index contributed by atoms with van der Waals surface area (Å²) in [5, 5.41) is 10.2. The minimum Gasteiger partial charge on any atom is -0.462 e. The Bertz CT molecular complexity index is 1220. The first-order valence-electron chi connectivity index (χ1n) is 14.1. The second-order valence-electron chi connectivity index (χ2n) is 13.0. The van der Waals surface area contributed by atoms with Gasteiger partial charge in [0.25, 0.3) is 0 Å². The van der Waals surface area contributed by atoms with Crippen molar-refractivity contribution in [2.75, 3.05) is 38.3 Å². The molecular weight excluding hydrogens is 468 g/mol. The fraction of sp³-hybridized carbons (Fsp3) is 0.667. The van der Waals surface area contributed by atoms with E-state index in [4.69, 9.17) is 9.47 Å². The molecule has 8 rings (SSSR count). The topological polar surface area (TPSA) is 79.3 Å². The maximum atomic E-state index is 15.0. The number of ether oxygens (including phenoxy) is 2. The number of aliphatic hydroxyl groups excluding tert-OH is 1. The maximum Gasteiger partial charge on any atom is 0.311 e. The number of rotatable bonds is 4. The molecule has 196 valence electrons. The number of carbonyl (C=O) groups excluding carboxylic acids is 2. The van der Waals surface area contributed by atoms with Crippen LogP contribution in [0.1, 0.15) is 25.3 Å². The monoisotopic (exact) mass is 504 g/mol. The molecule has 5 bridgehead atoms. The maximum absolute atomic E-state index is 15.0. The SMILES string of the molecule is C=CC12CN(C)C3C4COC(CC41)C1(C(=O)N(CC4C(=O)OC5CC(C)C(CO)C54)c4ccccc41)C32. The van der Waals surface area contributed by atoms with Crippen LogP contribution in [0.15, 0.2) is 36.9 Å². The highest BCUT2D eigenvalue weighted by molar-refractivity contribution is 6.10. The number of para-hydroxylation sites is 1. The number of likely N-dealkylation sites (tertiary alicyclic amines) is 1. The first kappa shape index (κ1) is 22.7. The third-order valence-electron chi connectivity index (χ3n) is 12.1. The first-order valence-corrected chi connectivity index (χ1v) is 14.1. The van der Waals surface area contributed by atoms with Gasteiger partial charge in [0.2, 0.25) is 5.91 Å². The Kier molecular flexibility index (Phi) is 4.45. The minimum absolute atomic E-state index is 0.0149. The number of aliphatic hydroxyl groups is 1. The summed E-state index contributed by atoms with van der Waals surface area (Å²) in [6.07, 6.45) is 3.51. The van der Waals surface area contributed by atoms with Crippen LogP contribution in [0.25, 0.3) is 0 Å². The summed E-state index contributed by atoms with van der Waals surface area (Å²) in [4.78, 5) is 32.5. The molecule has 7 aliphatic rings. The van der Waals surface area contributed by atoms with Crippen molar-refractivity contribution in [2.24, 2.45) is 46.8 Å². The van der Waals surface area contributed by atoms with Crippen molar-refractivity contribution in [1.82, 2.24) is 4.90 Å². The zero-order valence-electron chi connectivity index (χ0n) is 21.6. The Labute approximate surface area is 217 Å². The number of piperidine rings is 1. The number of hydrogen-bond acceptors (Lipinski definition) is 6. The number of anilines is 1. The lowest BCUT2D eigenvalue weighted by Crippen LogP contribution is -2.63. The van der Waals surface area contributed by atoms with E-state index in [1.54, 1.807) is 0 Å². The van der Waals surface area contributed by atoms with Gasteiger partial charge in [0.1, 0.15) is 11.5 Å². The van der Waals surface area contributed by atoms with Gasteiger partial charge in [-0.15, -0.1) is 6.58 Å². The van der Waals surface area contributed by atoms with E-state index in [1.807, 2.05) is 23.1 Å². The molecule has 3 saturated carbocycles. The fourth-order valence-electron chi connectivity index (χ4n) is 10.9. The summed E-state index contributed by atoms with van der Waals surface area (Å²) < 4.78 is 12.4. The predicted octanol–water partition coefficient (Wildman–Crippen LogP) is 2.23. The Morgan fingerprint density at radius 3 is 2.84 bits per heavy atom. The van der Waals surface area contributed by atoms with Gasteiger partial charge in [-0.2, -0.15) is 0 Å². The zero-order chi connectivity index (χ0) is 25.4. The van der Waals surface area contributed by atoms with Crippen LogP contribution in [0.3, 0.4) is 0 Å². The van der Waals surface area contributed by atoms with Crippen LogP contribution in [-0.2, 0) is 24.5 Å². The molecule has 1 aromatic rings. The van der Waals surface area contributed by atoms with Crippen LogP contribution >= 0.6 is 0 Å². The molecule has 1 aromatic carbocycles. The largest absolute Gasteiger partial charge is 0.462 e. The standard InChI is InChI=1S/C30H36N2O5/c1-4-29-14-31(3)25-18-13-36-23(10-20(18)29)30(26(25)29)19-7-5-6-8-21(19)32(28(30)35)11-16-24-17(12-33)15(2)9-22(24)37-27(16)34/h4-8,15-18,20,22-26,33H,1,9-14H2,2-3H3. The number of benzene rings is 1. The predicted molar refractivity (Wildman–Crippen MR) is 136 cm³/mol. The molecule has 0 radical (unpaired) electrons. The number of nitrogens with zero attached hydrogens (tertiary/aromatic N) is 2. The average Bonchev–Trinajstić information content (AvgIpc) is 3.57. The summed E-state index contributed by atoms with van der Waals surface area (Å²) in [5.74, 6) is 0.713. The molecule has 6 fully saturated rings. The van der Waals surface area contributed by atoms with E-state index in [2.05, 4.69) is 37.6 Å². The fourth-order valence-corrected chi connectivity index (χ4v) is 10.9. The van der Waals surface area contributed by atoms with Gasteiger partial charge in [0.05, 0.1) is 18.6 Å². The van der Waals surface area contributed by atoms with Crippen LogP contribution in [0.4, 0.5) is 5.69 Å². The Balaban J connectivity index is 1.25. The van der Waals surface area contributed by atoms with Crippen molar-refractivity contribution in [3.63, 3.8) is 0 Å². The molecule has 1 amide bonds. The Morgan fingerprint density at radius 1 is 1.24 bits per heavy atom. The van der Waals surface area contributed by atoms with Gasteiger partial charge in [-0.05, 0) is 49.3 Å². The molecule has 1 spiro atoms. The second kappa shape index (κ2) is 7.25. The molecule has 3 aliphatic carbocycles.